The lowest BCUT2D eigenvalue weighted by molar-refractivity contribution is -0.113. The lowest BCUT2D eigenvalue weighted by Crippen LogP contribution is -2.35. The quantitative estimate of drug-likeness (QED) is 0.479. The Morgan fingerprint density at radius 2 is 1.33 bits per heavy atom. The van der Waals surface area contributed by atoms with Crippen molar-refractivity contribution in [3.63, 3.8) is 0 Å². The highest BCUT2D eigenvalue weighted by atomic mass is 16.2. The molecule has 3 aromatic heterocycles. The highest BCUT2D eigenvalue weighted by Crippen LogP contribution is 2.37. The number of aromatic nitrogens is 4. The van der Waals surface area contributed by atoms with Gasteiger partial charge in [-0.2, -0.15) is 0 Å². The molecule has 0 radical (unpaired) electrons. The second-order valence-corrected chi connectivity index (χ2v) is 7.85. The molecule has 4 N–H and O–H groups in total. The van der Waals surface area contributed by atoms with E-state index >= 15 is 0 Å². The first kappa shape index (κ1) is 21.9. The molecule has 0 aliphatic carbocycles. The van der Waals surface area contributed by atoms with Crippen LogP contribution in [0.5, 0.6) is 0 Å². The number of hydrogen-bond acceptors (Lipinski definition) is 6. The molecule has 0 saturated heterocycles. The number of allylic oxidation sites excluding steroid dienone is 2. The van der Waals surface area contributed by atoms with Gasteiger partial charge in [0, 0.05) is 35.2 Å². The number of aryl methyl sites for hydroxylation is 2. The van der Waals surface area contributed by atoms with E-state index in [4.69, 9.17) is 0 Å². The van der Waals surface area contributed by atoms with E-state index in [1.54, 1.807) is 38.4 Å². The predicted octanol–water partition coefficient (Wildman–Crippen LogP) is 3.33. The molecule has 0 aromatic carbocycles. The summed E-state index contributed by atoms with van der Waals surface area (Å²) in [6.07, 6.45) is 3.26. The third-order valence-electron chi connectivity index (χ3n) is 5.30. The van der Waals surface area contributed by atoms with E-state index in [9.17, 15) is 9.59 Å². The van der Waals surface area contributed by atoms with Gasteiger partial charge in [-0.05, 0) is 52.0 Å². The lowest BCUT2D eigenvalue weighted by Gasteiger charge is -2.30. The summed E-state index contributed by atoms with van der Waals surface area (Å²) in [6.45, 7) is 7.30. The molecule has 4 rings (SSSR count). The van der Waals surface area contributed by atoms with Crippen molar-refractivity contribution in [1.82, 2.24) is 25.3 Å². The van der Waals surface area contributed by atoms with E-state index in [1.165, 1.54) is 0 Å². The number of amides is 2. The molecule has 0 bridgehead atoms. The summed E-state index contributed by atoms with van der Waals surface area (Å²) in [5.74, 6) is -0.104. The van der Waals surface area contributed by atoms with Crippen LogP contribution in [0.25, 0.3) is 0 Å². The number of carbonyl (C=O) groups is 2. The normalized spacial score (nSPS) is 14.2. The van der Waals surface area contributed by atoms with Crippen LogP contribution in [0.2, 0.25) is 0 Å². The molecule has 1 aliphatic rings. The van der Waals surface area contributed by atoms with Crippen molar-refractivity contribution in [3.8, 4) is 0 Å². The summed E-state index contributed by atoms with van der Waals surface area (Å²) < 4.78 is 0. The monoisotopic (exact) mass is 443 g/mol. The Morgan fingerprint density at radius 1 is 0.818 bits per heavy atom. The number of nitrogens with zero attached hydrogens (tertiary/aromatic N) is 3. The number of hydrogen-bond donors (Lipinski definition) is 4. The number of nitrogens with one attached hydrogen (secondary N) is 4. The van der Waals surface area contributed by atoms with Gasteiger partial charge in [0.1, 0.15) is 17.5 Å². The average molecular weight is 444 g/mol. The smallest absolute Gasteiger partial charge is 0.255 e. The highest BCUT2D eigenvalue weighted by molar-refractivity contribution is 6.11. The van der Waals surface area contributed by atoms with Crippen molar-refractivity contribution >= 4 is 23.5 Å². The van der Waals surface area contributed by atoms with Crippen molar-refractivity contribution in [2.24, 2.45) is 0 Å². The number of carbonyl (C=O) groups excluding carboxylic acids is 2. The van der Waals surface area contributed by atoms with E-state index in [0.29, 0.717) is 40.0 Å². The lowest BCUT2D eigenvalue weighted by atomic mass is 9.83. The van der Waals surface area contributed by atoms with Crippen molar-refractivity contribution in [2.45, 2.75) is 33.6 Å². The van der Waals surface area contributed by atoms with Crippen LogP contribution in [0.3, 0.4) is 0 Å². The van der Waals surface area contributed by atoms with Crippen molar-refractivity contribution < 1.29 is 9.59 Å². The summed E-state index contributed by atoms with van der Waals surface area (Å²) in [5, 5.41) is 8.88. The molecule has 0 fully saturated rings. The van der Waals surface area contributed by atoms with Crippen LogP contribution in [0, 0.1) is 13.8 Å². The number of H-pyrrole nitrogens is 1. The molecule has 2 amide bonds. The summed E-state index contributed by atoms with van der Waals surface area (Å²) in [4.78, 5) is 43.0. The van der Waals surface area contributed by atoms with Gasteiger partial charge in [-0.1, -0.05) is 12.1 Å². The third kappa shape index (κ3) is 4.67. The van der Waals surface area contributed by atoms with Crippen LogP contribution in [0.15, 0.2) is 71.3 Å². The van der Waals surface area contributed by atoms with Crippen LogP contribution >= 0.6 is 0 Å². The van der Waals surface area contributed by atoms with Crippen LogP contribution in [0.1, 0.15) is 37.0 Å². The minimum atomic E-state index is -0.712. The summed E-state index contributed by atoms with van der Waals surface area (Å²) in [7, 11) is 0. The SMILES string of the molecule is CC1=C(C(=O)Nc2cccc(C)n2)C(c2ncc[nH]2)C(C(=O)Nc2cccc(C)n2)=C(C)N1. The van der Waals surface area contributed by atoms with Crippen molar-refractivity contribution in [1.29, 1.82) is 0 Å². The van der Waals surface area contributed by atoms with Gasteiger partial charge in [-0.3, -0.25) is 9.59 Å². The number of imidazole rings is 1. The minimum absolute atomic E-state index is 0.369. The van der Waals surface area contributed by atoms with Gasteiger partial charge in [0.2, 0.25) is 0 Å². The average Bonchev–Trinajstić information content (AvgIpc) is 3.27. The zero-order chi connectivity index (χ0) is 23.5. The standard InChI is InChI=1S/C24H25N7O2/c1-13-7-5-9-17(27-13)30-23(32)19-15(3)29-16(4)20(21(19)22-25-11-12-26-22)24(33)31-18-10-6-8-14(2)28-18/h5-12,21,29H,1-4H3,(H,25,26)(H,27,30,32)(H,28,31,33). The zero-order valence-corrected chi connectivity index (χ0v) is 18.9. The Labute approximate surface area is 191 Å². The maximum atomic E-state index is 13.4. The molecule has 4 heterocycles. The summed E-state index contributed by atoms with van der Waals surface area (Å²) in [5.41, 5.74) is 3.57. The predicted molar refractivity (Wildman–Crippen MR) is 125 cm³/mol. The Hall–Kier alpha value is -4.27. The van der Waals surface area contributed by atoms with Crippen LogP contribution in [0.4, 0.5) is 11.6 Å². The zero-order valence-electron chi connectivity index (χ0n) is 18.9. The second-order valence-electron chi connectivity index (χ2n) is 7.85. The van der Waals surface area contributed by atoms with Crippen molar-refractivity contribution in [2.75, 3.05) is 10.6 Å². The fourth-order valence-electron chi connectivity index (χ4n) is 3.90. The first-order valence-corrected chi connectivity index (χ1v) is 10.5. The number of rotatable bonds is 5. The van der Waals surface area contributed by atoms with Gasteiger partial charge in [-0.25, -0.2) is 15.0 Å². The number of dihydropyridines is 1. The molecule has 0 unspecified atom stereocenters. The Bertz CT molecular complexity index is 1190. The van der Waals surface area contributed by atoms with Crippen LogP contribution in [-0.2, 0) is 9.59 Å². The van der Waals surface area contributed by atoms with E-state index in [2.05, 4.69) is 35.9 Å². The Morgan fingerprint density at radius 3 is 1.76 bits per heavy atom. The van der Waals surface area contributed by atoms with Crippen molar-refractivity contribution in [3.05, 3.63) is 88.5 Å². The number of aromatic amines is 1. The Kier molecular flexibility index (Phi) is 6.03. The van der Waals surface area contributed by atoms with E-state index in [0.717, 1.165) is 11.4 Å². The number of pyridine rings is 2. The highest BCUT2D eigenvalue weighted by Gasteiger charge is 2.38. The largest absolute Gasteiger partial charge is 0.362 e. The summed E-state index contributed by atoms with van der Waals surface area (Å²) in [6, 6.07) is 10.8. The van der Waals surface area contributed by atoms with Gasteiger partial charge >= 0.3 is 0 Å². The fraction of sp³-hybridized carbons (Fsp3) is 0.208. The van der Waals surface area contributed by atoms with Crippen LogP contribution < -0.4 is 16.0 Å². The molecule has 0 atom stereocenters. The van der Waals surface area contributed by atoms with E-state index in [1.807, 2.05) is 38.1 Å². The third-order valence-corrected chi connectivity index (χ3v) is 5.30. The molecule has 168 valence electrons. The number of anilines is 2. The minimum Gasteiger partial charge on any atom is -0.362 e. The molecule has 33 heavy (non-hydrogen) atoms. The summed E-state index contributed by atoms with van der Waals surface area (Å²) >= 11 is 0. The van der Waals surface area contributed by atoms with E-state index in [-0.39, 0.29) is 11.8 Å². The molecule has 0 spiro atoms. The first-order chi connectivity index (χ1) is 15.8. The molecular formula is C24H25N7O2. The van der Waals surface area contributed by atoms with Gasteiger partial charge in [-0.15, -0.1) is 0 Å². The molecule has 3 aromatic rings. The fourth-order valence-corrected chi connectivity index (χ4v) is 3.90. The molecule has 9 nitrogen and oxygen atoms in total. The van der Waals surface area contributed by atoms with Gasteiger partial charge < -0.3 is 20.9 Å². The maximum absolute atomic E-state index is 13.4. The first-order valence-electron chi connectivity index (χ1n) is 10.5. The van der Waals surface area contributed by atoms with Crippen LogP contribution in [-0.4, -0.2) is 31.8 Å². The maximum Gasteiger partial charge on any atom is 0.255 e. The van der Waals surface area contributed by atoms with Gasteiger partial charge in [0.25, 0.3) is 11.8 Å². The molecule has 1 aliphatic heterocycles. The topological polar surface area (TPSA) is 125 Å². The molecule has 0 saturated carbocycles. The second kappa shape index (κ2) is 9.07. The Balaban J connectivity index is 1.71. The molecule has 9 heteroatoms. The van der Waals surface area contributed by atoms with Gasteiger partial charge in [0.05, 0.1) is 17.1 Å². The van der Waals surface area contributed by atoms with E-state index < -0.39 is 5.92 Å². The van der Waals surface area contributed by atoms with Gasteiger partial charge in [0.15, 0.2) is 0 Å². The molecular weight excluding hydrogens is 418 g/mol.